The Bertz CT molecular complexity index is 452. The number of nitrogens with zero attached hydrogens (tertiary/aromatic N) is 1. The van der Waals surface area contributed by atoms with Crippen LogP contribution in [-0.4, -0.2) is 29.3 Å². The summed E-state index contributed by atoms with van der Waals surface area (Å²) in [5, 5.41) is 9.03. The van der Waals surface area contributed by atoms with E-state index in [0.29, 0.717) is 18.8 Å². The largest absolute Gasteiger partial charge is 0.481 e. The maximum atomic E-state index is 11.0. The summed E-state index contributed by atoms with van der Waals surface area (Å²) in [4.78, 5) is 15.4. The first-order chi connectivity index (χ1) is 8.24. The second-order valence-electron chi connectivity index (χ2n) is 4.88. The number of aromatic nitrogens is 1. The van der Waals surface area contributed by atoms with E-state index in [4.69, 9.17) is 9.84 Å². The maximum Gasteiger partial charge on any atom is 0.307 e. The summed E-state index contributed by atoms with van der Waals surface area (Å²) in [6.07, 6.45) is 4.15. The molecule has 2 unspecified atom stereocenters. The SMILES string of the molecule is O=C(O)C1Cc2cnc(C3CCOC3)cc2C1. The molecule has 2 heterocycles. The summed E-state index contributed by atoms with van der Waals surface area (Å²) in [5.41, 5.74) is 3.32. The van der Waals surface area contributed by atoms with Gasteiger partial charge >= 0.3 is 5.97 Å². The summed E-state index contributed by atoms with van der Waals surface area (Å²) >= 11 is 0. The summed E-state index contributed by atoms with van der Waals surface area (Å²) in [6, 6.07) is 2.08. The molecule has 0 saturated carbocycles. The minimum Gasteiger partial charge on any atom is -0.481 e. The first-order valence-electron chi connectivity index (χ1n) is 6.02. The second-order valence-corrected chi connectivity index (χ2v) is 4.88. The van der Waals surface area contributed by atoms with Gasteiger partial charge in [0.2, 0.25) is 0 Å². The molecule has 0 amide bonds. The Morgan fingerprint density at radius 1 is 1.41 bits per heavy atom. The monoisotopic (exact) mass is 233 g/mol. The summed E-state index contributed by atoms with van der Waals surface area (Å²) in [5.74, 6) is -0.571. The number of hydrogen-bond acceptors (Lipinski definition) is 3. The number of hydrogen-bond donors (Lipinski definition) is 1. The molecule has 17 heavy (non-hydrogen) atoms. The highest BCUT2D eigenvalue weighted by molar-refractivity contribution is 5.72. The number of rotatable bonds is 2. The molecule has 1 fully saturated rings. The fraction of sp³-hybridized carbons (Fsp3) is 0.538. The summed E-state index contributed by atoms with van der Waals surface area (Å²) in [6.45, 7) is 1.55. The van der Waals surface area contributed by atoms with Crippen LogP contribution in [-0.2, 0) is 22.4 Å². The van der Waals surface area contributed by atoms with E-state index in [-0.39, 0.29) is 5.92 Å². The van der Waals surface area contributed by atoms with Crippen LogP contribution in [0.2, 0.25) is 0 Å². The van der Waals surface area contributed by atoms with Gasteiger partial charge in [0.15, 0.2) is 0 Å². The normalized spacial score (nSPS) is 27.1. The van der Waals surface area contributed by atoms with E-state index in [1.807, 2.05) is 6.20 Å². The predicted octanol–water partition coefficient (Wildman–Crippen LogP) is 1.38. The first kappa shape index (κ1) is 10.7. The van der Waals surface area contributed by atoms with Gasteiger partial charge in [-0.05, 0) is 36.5 Å². The van der Waals surface area contributed by atoms with Crippen LogP contribution in [0.5, 0.6) is 0 Å². The molecule has 90 valence electrons. The molecule has 4 heteroatoms. The molecule has 1 N–H and O–H groups in total. The quantitative estimate of drug-likeness (QED) is 0.838. The van der Waals surface area contributed by atoms with Crippen molar-refractivity contribution in [3.05, 3.63) is 29.1 Å². The van der Waals surface area contributed by atoms with Gasteiger partial charge in [0.05, 0.1) is 12.5 Å². The molecular formula is C13H15NO3. The van der Waals surface area contributed by atoms with Crippen molar-refractivity contribution in [2.24, 2.45) is 5.92 Å². The van der Waals surface area contributed by atoms with Gasteiger partial charge in [-0.3, -0.25) is 9.78 Å². The molecule has 1 saturated heterocycles. The highest BCUT2D eigenvalue weighted by Gasteiger charge is 2.29. The van der Waals surface area contributed by atoms with E-state index in [0.717, 1.165) is 36.5 Å². The van der Waals surface area contributed by atoms with Crippen LogP contribution in [0.1, 0.15) is 29.2 Å². The van der Waals surface area contributed by atoms with E-state index >= 15 is 0 Å². The Labute approximate surface area is 99.6 Å². The van der Waals surface area contributed by atoms with E-state index in [1.165, 1.54) is 0 Å². The van der Waals surface area contributed by atoms with Crippen LogP contribution in [0.15, 0.2) is 12.3 Å². The van der Waals surface area contributed by atoms with Gasteiger partial charge in [0, 0.05) is 24.4 Å². The van der Waals surface area contributed by atoms with Crippen molar-refractivity contribution in [2.75, 3.05) is 13.2 Å². The van der Waals surface area contributed by atoms with Crippen LogP contribution >= 0.6 is 0 Å². The van der Waals surface area contributed by atoms with Crippen molar-refractivity contribution < 1.29 is 14.6 Å². The van der Waals surface area contributed by atoms with Gasteiger partial charge in [-0.25, -0.2) is 0 Å². The average Bonchev–Trinajstić information content (AvgIpc) is 2.97. The molecule has 3 rings (SSSR count). The van der Waals surface area contributed by atoms with Crippen LogP contribution < -0.4 is 0 Å². The molecule has 0 radical (unpaired) electrons. The Kier molecular flexibility index (Phi) is 2.59. The third-order valence-corrected chi connectivity index (χ3v) is 3.73. The molecule has 1 aromatic heterocycles. The smallest absolute Gasteiger partial charge is 0.307 e. The third-order valence-electron chi connectivity index (χ3n) is 3.73. The number of ether oxygens (including phenoxy) is 1. The molecule has 0 bridgehead atoms. The van der Waals surface area contributed by atoms with Crippen LogP contribution in [0.3, 0.4) is 0 Å². The second kappa shape index (κ2) is 4.11. The predicted molar refractivity (Wildman–Crippen MR) is 60.9 cm³/mol. The number of carboxylic acid groups (broad SMARTS) is 1. The van der Waals surface area contributed by atoms with Crippen LogP contribution in [0.4, 0.5) is 0 Å². The molecule has 0 spiro atoms. The third kappa shape index (κ3) is 1.93. The lowest BCUT2D eigenvalue weighted by molar-refractivity contribution is -0.141. The van der Waals surface area contributed by atoms with Crippen molar-refractivity contribution in [3.8, 4) is 0 Å². The number of fused-ring (bicyclic) bond motifs is 1. The van der Waals surface area contributed by atoms with E-state index in [9.17, 15) is 4.79 Å². The Balaban J connectivity index is 1.84. The van der Waals surface area contributed by atoms with Gasteiger partial charge in [-0.2, -0.15) is 0 Å². The lowest BCUT2D eigenvalue weighted by Crippen LogP contribution is -2.12. The molecule has 0 aromatic carbocycles. The highest BCUT2D eigenvalue weighted by Crippen LogP contribution is 2.30. The Morgan fingerprint density at radius 3 is 2.94 bits per heavy atom. The number of pyridine rings is 1. The van der Waals surface area contributed by atoms with Crippen molar-refractivity contribution in [1.82, 2.24) is 4.98 Å². The molecule has 2 aliphatic rings. The van der Waals surface area contributed by atoms with Gasteiger partial charge < -0.3 is 9.84 Å². The average molecular weight is 233 g/mol. The molecule has 1 aliphatic carbocycles. The fourth-order valence-electron chi connectivity index (χ4n) is 2.69. The van der Waals surface area contributed by atoms with Crippen molar-refractivity contribution in [2.45, 2.75) is 25.2 Å². The lowest BCUT2D eigenvalue weighted by atomic mass is 10.0. The van der Waals surface area contributed by atoms with Crippen LogP contribution in [0.25, 0.3) is 0 Å². The van der Waals surface area contributed by atoms with Gasteiger partial charge in [0.25, 0.3) is 0 Å². The number of aliphatic carboxylic acids is 1. The molecule has 2 atom stereocenters. The van der Waals surface area contributed by atoms with Gasteiger partial charge in [-0.15, -0.1) is 0 Å². The summed E-state index contributed by atoms with van der Waals surface area (Å²) in [7, 11) is 0. The van der Waals surface area contributed by atoms with E-state index < -0.39 is 5.97 Å². The molecule has 4 nitrogen and oxygen atoms in total. The van der Waals surface area contributed by atoms with Crippen molar-refractivity contribution in [1.29, 1.82) is 0 Å². The number of carbonyl (C=O) groups is 1. The molecule has 1 aliphatic heterocycles. The zero-order chi connectivity index (χ0) is 11.8. The first-order valence-corrected chi connectivity index (χ1v) is 6.02. The highest BCUT2D eigenvalue weighted by atomic mass is 16.5. The minimum absolute atomic E-state index is 0.262. The Hall–Kier alpha value is -1.42. The number of carboxylic acids is 1. The van der Waals surface area contributed by atoms with Gasteiger partial charge in [0.1, 0.15) is 0 Å². The zero-order valence-electron chi connectivity index (χ0n) is 9.56. The van der Waals surface area contributed by atoms with Crippen LogP contribution in [0, 0.1) is 5.92 Å². The standard InChI is InChI=1S/C13H15NO3/c15-13(16)10-3-9-5-12(8-1-2-17-7-8)14-6-11(9)4-10/h5-6,8,10H,1-4,7H2,(H,15,16). The van der Waals surface area contributed by atoms with Crippen molar-refractivity contribution in [3.63, 3.8) is 0 Å². The van der Waals surface area contributed by atoms with Crippen molar-refractivity contribution >= 4 is 5.97 Å². The zero-order valence-corrected chi connectivity index (χ0v) is 9.56. The Morgan fingerprint density at radius 2 is 2.24 bits per heavy atom. The lowest BCUT2D eigenvalue weighted by Gasteiger charge is -2.08. The topological polar surface area (TPSA) is 59.4 Å². The summed E-state index contributed by atoms with van der Waals surface area (Å²) < 4.78 is 5.36. The fourth-order valence-corrected chi connectivity index (χ4v) is 2.69. The van der Waals surface area contributed by atoms with Gasteiger partial charge in [-0.1, -0.05) is 0 Å². The van der Waals surface area contributed by atoms with E-state index in [1.54, 1.807) is 0 Å². The molecular weight excluding hydrogens is 218 g/mol. The maximum absolute atomic E-state index is 11.0. The van der Waals surface area contributed by atoms with E-state index in [2.05, 4.69) is 11.1 Å². The molecule has 1 aromatic rings. The minimum atomic E-state index is -0.702.